The Labute approximate surface area is 161 Å². The molecule has 1 aliphatic rings. The molecule has 2 rings (SSSR count). The maximum Gasteiger partial charge on any atom is 0.193 e. The summed E-state index contributed by atoms with van der Waals surface area (Å²) < 4.78 is 7.29. The van der Waals surface area contributed by atoms with Crippen molar-refractivity contribution in [1.82, 2.24) is 29.9 Å². The summed E-state index contributed by atoms with van der Waals surface area (Å²) in [4.78, 5) is 13.2. The molecule has 24 heavy (non-hydrogen) atoms. The first-order chi connectivity index (χ1) is 11.0. The van der Waals surface area contributed by atoms with Crippen LogP contribution in [0.2, 0.25) is 0 Å². The van der Waals surface area contributed by atoms with E-state index in [2.05, 4.69) is 44.0 Å². The predicted molar refractivity (Wildman–Crippen MR) is 106 cm³/mol. The van der Waals surface area contributed by atoms with E-state index in [0.29, 0.717) is 18.6 Å². The number of halogens is 1. The molecule has 0 bridgehead atoms. The summed E-state index contributed by atoms with van der Waals surface area (Å²) in [6.07, 6.45) is 1.57. The Bertz CT molecular complexity index is 522. The van der Waals surface area contributed by atoms with Crippen LogP contribution in [0.5, 0.6) is 0 Å². The van der Waals surface area contributed by atoms with E-state index in [1.165, 1.54) is 0 Å². The Morgan fingerprint density at radius 3 is 2.92 bits per heavy atom. The van der Waals surface area contributed by atoms with E-state index >= 15 is 0 Å². The molecule has 0 aromatic carbocycles. The number of hydrogen-bond acceptors (Lipinski definition) is 5. The summed E-state index contributed by atoms with van der Waals surface area (Å²) in [5.74, 6) is 1.77. The summed E-state index contributed by atoms with van der Waals surface area (Å²) in [7, 11) is 5.71. The fourth-order valence-corrected chi connectivity index (χ4v) is 2.89. The highest BCUT2D eigenvalue weighted by atomic mass is 127. The number of hydrogen-bond donors (Lipinski definition) is 1. The van der Waals surface area contributed by atoms with Crippen LogP contribution >= 0.6 is 24.0 Å². The van der Waals surface area contributed by atoms with E-state index in [0.717, 1.165) is 38.1 Å². The number of morpholine rings is 1. The van der Waals surface area contributed by atoms with Crippen LogP contribution in [0.25, 0.3) is 0 Å². The topological polar surface area (TPSA) is 70.8 Å². The highest BCUT2D eigenvalue weighted by Gasteiger charge is 2.23. The van der Waals surface area contributed by atoms with Crippen LogP contribution in [0.1, 0.15) is 19.7 Å². The lowest BCUT2D eigenvalue weighted by Crippen LogP contribution is -2.53. The van der Waals surface area contributed by atoms with Gasteiger partial charge in [-0.3, -0.25) is 14.6 Å². The second-order valence-corrected chi connectivity index (χ2v) is 6.09. The van der Waals surface area contributed by atoms with Crippen molar-refractivity contribution in [1.29, 1.82) is 0 Å². The minimum atomic E-state index is 0. The molecule has 138 valence electrons. The van der Waals surface area contributed by atoms with Gasteiger partial charge in [0.2, 0.25) is 0 Å². The molecular weight excluding hydrogens is 421 g/mol. The third-order valence-electron chi connectivity index (χ3n) is 4.30. The minimum absolute atomic E-state index is 0. The van der Waals surface area contributed by atoms with Crippen molar-refractivity contribution >= 4 is 29.9 Å². The maximum absolute atomic E-state index is 5.51. The third-order valence-corrected chi connectivity index (χ3v) is 4.30. The fourth-order valence-electron chi connectivity index (χ4n) is 2.89. The summed E-state index contributed by atoms with van der Waals surface area (Å²) in [6, 6.07) is 0.882. The van der Waals surface area contributed by atoms with Gasteiger partial charge in [-0.2, -0.15) is 5.10 Å². The molecule has 0 saturated carbocycles. The van der Waals surface area contributed by atoms with Gasteiger partial charge in [0.15, 0.2) is 5.96 Å². The number of rotatable bonds is 5. The smallest absolute Gasteiger partial charge is 0.193 e. The average molecular weight is 451 g/mol. The van der Waals surface area contributed by atoms with Gasteiger partial charge in [-0.25, -0.2) is 4.98 Å². The van der Waals surface area contributed by atoms with Crippen LogP contribution in [-0.4, -0.2) is 83.0 Å². The van der Waals surface area contributed by atoms with Gasteiger partial charge in [0.25, 0.3) is 0 Å². The zero-order valence-corrected chi connectivity index (χ0v) is 17.6. The van der Waals surface area contributed by atoms with Crippen molar-refractivity contribution < 1.29 is 4.74 Å². The minimum Gasteiger partial charge on any atom is -0.379 e. The molecule has 0 aliphatic carbocycles. The second-order valence-electron chi connectivity index (χ2n) is 6.09. The molecule has 1 fully saturated rings. The fraction of sp³-hybridized carbons (Fsp3) is 0.800. The van der Waals surface area contributed by atoms with Crippen molar-refractivity contribution in [3.8, 4) is 0 Å². The molecule has 1 aromatic rings. The first-order valence-electron chi connectivity index (χ1n) is 8.11. The number of aromatic nitrogens is 3. The number of ether oxygens (including phenoxy) is 1. The third kappa shape index (κ3) is 5.55. The van der Waals surface area contributed by atoms with Gasteiger partial charge < -0.3 is 15.0 Å². The Hall–Kier alpha value is -0.940. The second kappa shape index (κ2) is 10.1. The van der Waals surface area contributed by atoms with Gasteiger partial charge in [-0.05, 0) is 13.8 Å². The standard InChI is InChI=1S/C15H29N7O.HI/c1-12(22-6-7-23-10-13(22)2)8-17-15(16-3)20(4)9-14-18-11-19-21(14)5;/h11-13H,6-10H2,1-5H3,(H,16,17);1H. The Kier molecular flexibility index (Phi) is 8.92. The van der Waals surface area contributed by atoms with E-state index in [1.54, 1.807) is 18.1 Å². The van der Waals surface area contributed by atoms with Gasteiger partial charge in [-0.15, -0.1) is 24.0 Å². The quantitative estimate of drug-likeness (QED) is 0.401. The van der Waals surface area contributed by atoms with Gasteiger partial charge in [0.05, 0.1) is 19.8 Å². The summed E-state index contributed by atoms with van der Waals surface area (Å²) >= 11 is 0. The Balaban J connectivity index is 0.00000288. The lowest BCUT2D eigenvalue weighted by molar-refractivity contribution is -0.0175. The lowest BCUT2D eigenvalue weighted by Gasteiger charge is -2.38. The van der Waals surface area contributed by atoms with E-state index < -0.39 is 0 Å². The average Bonchev–Trinajstić information content (AvgIpc) is 2.93. The SMILES string of the molecule is CN=C(NCC(C)N1CCOCC1C)N(C)Cc1ncnn1C.I. The van der Waals surface area contributed by atoms with Crippen molar-refractivity contribution in [2.24, 2.45) is 12.0 Å². The van der Waals surface area contributed by atoms with Gasteiger partial charge in [0, 0.05) is 46.3 Å². The number of aryl methyl sites for hydroxylation is 1. The number of nitrogens with one attached hydrogen (secondary N) is 1. The van der Waals surface area contributed by atoms with Crippen LogP contribution in [0, 0.1) is 0 Å². The molecule has 9 heteroatoms. The van der Waals surface area contributed by atoms with E-state index in [4.69, 9.17) is 4.74 Å². The van der Waals surface area contributed by atoms with Crippen LogP contribution in [-0.2, 0) is 18.3 Å². The highest BCUT2D eigenvalue weighted by molar-refractivity contribution is 14.0. The molecule has 0 radical (unpaired) electrons. The first kappa shape index (κ1) is 21.1. The number of nitrogens with zero attached hydrogens (tertiary/aromatic N) is 6. The normalized spacial score (nSPS) is 20.4. The van der Waals surface area contributed by atoms with E-state index in [-0.39, 0.29) is 24.0 Å². The molecular formula is C15H30IN7O. The number of aliphatic imine (C=N–C) groups is 1. The lowest BCUT2D eigenvalue weighted by atomic mass is 10.2. The molecule has 2 unspecified atom stereocenters. The maximum atomic E-state index is 5.51. The molecule has 8 nitrogen and oxygen atoms in total. The van der Waals surface area contributed by atoms with Crippen LogP contribution in [0.15, 0.2) is 11.3 Å². The van der Waals surface area contributed by atoms with Crippen molar-refractivity contribution in [2.45, 2.75) is 32.5 Å². The highest BCUT2D eigenvalue weighted by Crippen LogP contribution is 2.10. The Morgan fingerprint density at radius 1 is 1.58 bits per heavy atom. The first-order valence-corrected chi connectivity index (χ1v) is 8.11. The van der Waals surface area contributed by atoms with E-state index in [1.807, 2.05) is 14.1 Å². The van der Waals surface area contributed by atoms with Gasteiger partial charge >= 0.3 is 0 Å². The molecule has 1 aromatic heterocycles. The van der Waals surface area contributed by atoms with Crippen LogP contribution in [0.3, 0.4) is 0 Å². The van der Waals surface area contributed by atoms with Gasteiger partial charge in [0.1, 0.15) is 12.2 Å². The van der Waals surface area contributed by atoms with Crippen molar-refractivity contribution in [2.75, 3.05) is 40.4 Å². The molecule has 1 N–H and O–H groups in total. The molecule has 1 aliphatic heterocycles. The summed E-state index contributed by atoms with van der Waals surface area (Å²) in [6.45, 7) is 8.58. The zero-order valence-electron chi connectivity index (χ0n) is 15.3. The monoisotopic (exact) mass is 451 g/mol. The van der Waals surface area contributed by atoms with Gasteiger partial charge in [-0.1, -0.05) is 0 Å². The number of guanidine groups is 1. The molecule has 2 heterocycles. The van der Waals surface area contributed by atoms with Crippen molar-refractivity contribution in [3.05, 3.63) is 12.2 Å². The van der Waals surface area contributed by atoms with Crippen molar-refractivity contribution in [3.63, 3.8) is 0 Å². The predicted octanol–water partition coefficient (Wildman–Crippen LogP) is 0.550. The van der Waals surface area contributed by atoms with Crippen LogP contribution < -0.4 is 5.32 Å². The summed E-state index contributed by atoms with van der Waals surface area (Å²) in [5.41, 5.74) is 0. The van der Waals surface area contributed by atoms with E-state index in [9.17, 15) is 0 Å². The largest absolute Gasteiger partial charge is 0.379 e. The molecule has 2 atom stereocenters. The van der Waals surface area contributed by atoms with Crippen LogP contribution in [0.4, 0.5) is 0 Å². The molecule has 1 saturated heterocycles. The molecule has 0 amide bonds. The summed E-state index contributed by atoms with van der Waals surface area (Å²) in [5, 5.41) is 7.55. The Morgan fingerprint density at radius 2 is 2.33 bits per heavy atom. The zero-order chi connectivity index (χ0) is 16.8. The molecule has 0 spiro atoms.